The fourth-order valence-corrected chi connectivity index (χ4v) is 2.68. The molecule has 0 aromatic carbocycles. The van der Waals surface area contributed by atoms with Crippen molar-refractivity contribution in [3.05, 3.63) is 28.5 Å². The van der Waals surface area contributed by atoms with Crippen molar-refractivity contribution >= 4 is 23.0 Å². The smallest absolute Gasteiger partial charge is 0.145 e. The standard InChI is InChI=1S/C13H20N6S/c1-3-5-10-17-11(8-12(18-10)19-14)16-9(4-2)13-15-6-7-20-13/h6-9H,3-5,14H2,1-2H3,(H2,16,17,18,19). The van der Waals surface area contributed by atoms with E-state index in [2.05, 4.69) is 39.5 Å². The SMILES string of the molecule is CCCc1nc(NN)cc(NC(CC)c2nccs2)n1. The molecule has 20 heavy (non-hydrogen) atoms. The minimum Gasteiger partial charge on any atom is -0.361 e. The van der Waals surface area contributed by atoms with Crippen molar-refractivity contribution in [2.24, 2.45) is 5.84 Å². The molecule has 0 saturated carbocycles. The van der Waals surface area contributed by atoms with E-state index in [1.165, 1.54) is 0 Å². The quantitative estimate of drug-likeness (QED) is 0.537. The van der Waals surface area contributed by atoms with Gasteiger partial charge in [0.1, 0.15) is 22.5 Å². The Bertz CT molecular complexity index is 528. The minimum absolute atomic E-state index is 0.157. The molecule has 0 bridgehead atoms. The highest BCUT2D eigenvalue weighted by Gasteiger charge is 2.13. The van der Waals surface area contributed by atoms with Gasteiger partial charge in [-0.15, -0.1) is 11.3 Å². The molecule has 0 spiro atoms. The lowest BCUT2D eigenvalue weighted by molar-refractivity contribution is 0.732. The van der Waals surface area contributed by atoms with Gasteiger partial charge in [-0.25, -0.2) is 20.8 Å². The van der Waals surface area contributed by atoms with Crippen LogP contribution < -0.4 is 16.6 Å². The number of aromatic nitrogens is 3. The highest BCUT2D eigenvalue weighted by atomic mass is 32.1. The summed E-state index contributed by atoms with van der Waals surface area (Å²) in [6, 6.07) is 1.97. The zero-order chi connectivity index (χ0) is 14.4. The number of hydrogen-bond donors (Lipinski definition) is 3. The summed E-state index contributed by atoms with van der Waals surface area (Å²) < 4.78 is 0. The van der Waals surface area contributed by atoms with E-state index in [1.807, 2.05) is 17.6 Å². The van der Waals surface area contributed by atoms with E-state index in [4.69, 9.17) is 5.84 Å². The Labute approximate surface area is 122 Å². The van der Waals surface area contributed by atoms with Crippen molar-refractivity contribution in [2.45, 2.75) is 39.2 Å². The lowest BCUT2D eigenvalue weighted by Crippen LogP contribution is -2.15. The minimum atomic E-state index is 0.157. The Hall–Kier alpha value is -1.73. The number of nitrogens with zero attached hydrogens (tertiary/aromatic N) is 3. The van der Waals surface area contributed by atoms with Crippen LogP contribution >= 0.6 is 11.3 Å². The summed E-state index contributed by atoms with van der Waals surface area (Å²) in [7, 11) is 0. The number of anilines is 2. The molecule has 1 atom stereocenters. The number of aryl methyl sites for hydroxylation is 1. The third-order valence-corrected chi connectivity index (χ3v) is 3.76. The fraction of sp³-hybridized carbons (Fsp3) is 0.462. The van der Waals surface area contributed by atoms with E-state index in [0.717, 1.165) is 35.9 Å². The number of hydrazine groups is 1. The summed E-state index contributed by atoms with van der Waals surface area (Å²) in [5, 5.41) is 6.45. The second-order valence-corrected chi connectivity index (χ2v) is 5.35. The van der Waals surface area contributed by atoms with Gasteiger partial charge in [-0.1, -0.05) is 13.8 Å². The summed E-state index contributed by atoms with van der Waals surface area (Å²) in [6.07, 6.45) is 4.58. The molecule has 7 heteroatoms. The molecule has 0 radical (unpaired) electrons. The number of nitrogen functional groups attached to an aromatic ring is 1. The van der Waals surface area contributed by atoms with Gasteiger partial charge in [0.2, 0.25) is 0 Å². The summed E-state index contributed by atoms with van der Waals surface area (Å²) in [5.41, 5.74) is 2.59. The zero-order valence-corrected chi connectivity index (χ0v) is 12.6. The van der Waals surface area contributed by atoms with Crippen LogP contribution in [-0.2, 0) is 6.42 Å². The number of nitrogens with one attached hydrogen (secondary N) is 2. The first-order valence-electron chi connectivity index (χ1n) is 6.77. The van der Waals surface area contributed by atoms with Crippen LogP contribution in [0.1, 0.15) is 43.6 Å². The van der Waals surface area contributed by atoms with Crippen LogP contribution in [0.3, 0.4) is 0 Å². The molecule has 0 fully saturated rings. The molecule has 0 aliphatic rings. The monoisotopic (exact) mass is 292 g/mol. The topological polar surface area (TPSA) is 88.8 Å². The molecular formula is C13H20N6S. The van der Waals surface area contributed by atoms with Crippen molar-refractivity contribution in [1.29, 1.82) is 0 Å². The molecule has 0 saturated heterocycles. The number of nitrogens with two attached hydrogens (primary N) is 1. The average molecular weight is 292 g/mol. The summed E-state index contributed by atoms with van der Waals surface area (Å²) in [5.74, 6) is 7.66. The molecule has 2 aromatic rings. The van der Waals surface area contributed by atoms with Gasteiger partial charge < -0.3 is 10.7 Å². The molecule has 2 heterocycles. The van der Waals surface area contributed by atoms with Gasteiger partial charge in [-0.05, 0) is 12.8 Å². The van der Waals surface area contributed by atoms with E-state index in [0.29, 0.717) is 5.82 Å². The summed E-state index contributed by atoms with van der Waals surface area (Å²) in [6.45, 7) is 4.22. The second-order valence-electron chi connectivity index (χ2n) is 4.42. The van der Waals surface area contributed by atoms with E-state index in [9.17, 15) is 0 Å². The van der Waals surface area contributed by atoms with Crippen molar-refractivity contribution in [2.75, 3.05) is 10.7 Å². The maximum Gasteiger partial charge on any atom is 0.145 e. The Morgan fingerprint density at radius 3 is 2.70 bits per heavy atom. The first-order chi connectivity index (χ1) is 9.76. The molecule has 6 nitrogen and oxygen atoms in total. The van der Waals surface area contributed by atoms with Crippen LogP contribution in [-0.4, -0.2) is 15.0 Å². The third kappa shape index (κ3) is 3.64. The molecule has 2 rings (SSSR count). The van der Waals surface area contributed by atoms with Gasteiger partial charge in [0, 0.05) is 24.1 Å². The highest BCUT2D eigenvalue weighted by Crippen LogP contribution is 2.24. The van der Waals surface area contributed by atoms with Gasteiger partial charge in [0.15, 0.2) is 0 Å². The second kappa shape index (κ2) is 7.16. The Kier molecular flexibility index (Phi) is 5.25. The van der Waals surface area contributed by atoms with E-state index in [1.54, 1.807) is 11.3 Å². The highest BCUT2D eigenvalue weighted by molar-refractivity contribution is 7.09. The van der Waals surface area contributed by atoms with Gasteiger partial charge in [0.25, 0.3) is 0 Å². The Morgan fingerprint density at radius 2 is 2.10 bits per heavy atom. The van der Waals surface area contributed by atoms with Crippen LogP contribution in [0.4, 0.5) is 11.6 Å². The molecule has 1 unspecified atom stereocenters. The fourth-order valence-electron chi connectivity index (χ4n) is 1.90. The molecular weight excluding hydrogens is 272 g/mol. The van der Waals surface area contributed by atoms with Crippen LogP contribution in [0, 0.1) is 0 Å². The van der Waals surface area contributed by atoms with Crippen LogP contribution in [0.5, 0.6) is 0 Å². The maximum atomic E-state index is 5.46. The molecule has 4 N–H and O–H groups in total. The van der Waals surface area contributed by atoms with Crippen LogP contribution in [0.15, 0.2) is 17.6 Å². The van der Waals surface area contributed by atoms with Crippen molar-refractivity contribution in [1.82, 2.24) is 15.0 Å². The summed E-state index contributed by atoms with van der Waals surface area (Å²) in [4.78, 5) is 13.2. The van der Waals surface area contributed by atoms with Gasteiger partial charge >= 0.3 is 0 Å². The predicted molar refractivity (Wildman–Crippen MR) is 82.6 cm³/mol. The van der Waals surface area contributed by atoms with Gasteiger partial charge in [-0.3, -0.25) is 0 Å². The number of thiazole rings is 1. The van der Waals surface area contributed by atoms with Crippen molar-refractivity contribution < 1.29 is 0 Å². The lowest BCUT2D eigenvalue weighted by Gasteiger charge is -2.16. The molecule has 0 aliphatic heterocycles. The van der Waals surface area contributed by atoms with E-state index in [-0.39, 0.29) is 6.04 Å². The lowest BCUT2D eigenvalue weighted by atomic mass is 10.2. The molecule has 0 aliphatic carbocycles. The maximum absolute atomic E-state index is 5.46. The summed E-state index contributed by atoms with van der Waals surface area (Å²) >= 11 is 1.64. The first-order valence-corrected chi connectivity index (χ1v) is 7.65. The third-order valence-electron chi connectivity index (χ3n) is 2.87. The van der Waals surface area contributed by atoms with E-state index < -0.39 is 0 Å². The van der Waals surface area contributed by atoms with Gasteiger partial charge in [-0.2, -0.15) is 0 Å². The molecule has 0 amide bonds. The van der Waals surface area contributed by atoms with Crippen molar-refractivity contribution in [3.63, 3.8) is 0 Å². The molecule has 108 valence electrons. The van der Waals surface area contributed by atoms with E-state index >= 15 is 0 Å². The van der Waals surface area contributed by atoms with Crippen molar-refractivity contribution in [3.8, 4) is 0 Å². The normalized spacial score (nSPS) is 12.2. The van der Waals surface area contributed by atoms with Crippen LogP contribution in [0.2, 0.25) is 0 Å². The Balaban J connectivity index is 2.20. The predicted octanol–water partition coefficient (Wildman–Crippen LogP) is 2.73. The van der Waals surface area contributed by atoms with Gasteiger partial charge in [0.05, 0.1) is 6.04 Å². The average Bonchev–Trinajstić information content (AvgIpc) is 2.99. The zero-order valence-electron chi connectivity index (χ0n) is 11.8. The largest absolute Gasteiger partial charge is 0.361 e. The number of rotatable bonds is 7. The van der Waals surface area contributed by atoms with Crippen LogP contribution in [0.25, 0.3) is 0 Å². The Morgan fingerprint density at radius 1 is 1.30 bits per heavy atom. The first kappa shape index (κ1) is 14.7. The number of hydrogen-bond acceptors (Lipinski definition) is 7. The molecule has 2 aromatic heterocycles.